The predicted molar refractivity (Wildman–Crippen MR) is 87.1 cm³/mol. The fourth-order valence-electron chi connectivity index (χ4n) is 2.96. The molecular formula is C18H17BrO2. The highest BCUT2D eigenvalue weighted by atomic mass is 79.9. The molecule has 1 saturated carbocycles. The van der Waals surface area contributed by atoms with Gasteiger partial charge < -0.3 is 4.74 Å². The van der Waals surface area contributed by atoms with Crippen LogP contribution >= 0.6 is 15.9 Å². The maximum absolute atomic E-state index is 12.1. The third-order valence-corrected chi connectivity index (χ3v) is 4.93. The molecule has 0 bridgehead atoms. The molecule has 2 nitrogen and oxygen atoms in total. The fraction of sp³-hybridized carbons (Fsp3) is 0.278. The lowest BCUT2D eigenvalue weighted by Crippen LogP contribution is -2.43. The first-order valence-corrected chi connectivity index (χ1v) is 7.90. The molecule has 2 aromatic carbocycles. The van der Waals surface area contributed by atoms with Gasteiger partial charge in [-0.05, 0) is 41.7 Å². The molecule has 2 aromatic rings. The number of hydrogen-bond donors (Lipinski definition) is 0. The van der Waals surface area contributed by atoms with Crippen LogP contribution in [0, 0.1) is 0 Å². The van der Waals surface area contributed by atoms with Crippen LogP contribution < -0.4 is 0 Å². The van der Waals surface area contributed by atoms with Gasteiger partial charge >= 0.3 is 5.97 Å². The molecule has 0 aromatic heterocycles. The maximum Gasteiger partial charge on any atom is 0.316 e. The quantitative estimate of drug-likeness (QED) is 0.753. The van der Waals surface area contributed by atoms with Gasteiger partial charge in [-0.15, -0.1) is 0 Å². The van der Waals surface area contributed by atoms with Crippen LogP contribution in [0.2, 0.25) is 0 Å². The first kappa shape index (κ1) is 14.3. The molecule has 0 amide bonds. The van der Waals surface area contributed by atoms with Crippen LogP contribution in [-0.2, 0) is 14.9 Å². The molecule has 0 N–H and O–H groups in total. The summed E-state index contributed by atoms with van der Waals surface area (Å²) >= 11 is 3.45. The van der Waals surface area contributed by atoms with Gasteiger partial charge in [-0.25, -0.2) is 0 Å². The molecule has 0 atom stereocenters. The third kappa shape index (κ3) is 2.51. The first-order valence-electron chi connectivity index (χ1n) is 7.11. The topological polar surface area (TPSA) is 26.3 Å². The highest BCUT2D eigenvalue weighted by molar-refractivity contribution is 9.10. The summed E-state index contributed by atoms with van der Waals surface area (Å²) in [6.45, 7) is 0. The van der Waals surface area contributed by atoms with Gasteiger partial charge in [0.1, 0.15) is 0 Å². The Bertz CT molecular complexity index is 640. The zero-order valence-electron chi connectivity index (χ0n) is 11.9. The van der Waals surface area contributed by atoms with Crippen molar-refractivity contribution in [2.75, 3.05) is 7.11 Å². The van der Waals surface area contributed by atoms with Gasteiger partial charge in [0.05, 0.1) is 12.5 Å². The minimum absolute atomic E-state index is 0.106. The van der Waals surface area contributed by atoms with Crippen molar-refractivity contribution in [2.24, 2.45) is 0 Å². The second kappa shape index (κ2) is 5.64. The Hall–Kier alpha value is -1.61. The van der Waals surface area contributed by atoms with Gasteiger partial charge in [-0.1, -0.05) is 58.7 Å². The Labute approximate surface area is 133 Å². The Kier molecular flexibility index (Phi) is 3.85. The number of benzene rings is 2. The number of ether oxygens (including phenoxy) is 1. The standard InChI is InChI=1S/C18H17BrO2/c1-21-17(20)18(11-2-12-18)15-7-3-13(4-8-15)14-5-9-16(19)10-6-14/h3-10H,2,11-12H2,1H3. The van der Waals surface area contributed by atoms with E-state index in [0.29, 0.717) is 0 Å². The van der Waals surface area contributed by atoms with Crippen molar-refractivity contribution in [1.82, 2.24) is 0 Å². The molecule has 0 aliphatic heterocycles. The molecule has 0 saturated heterocycles. The normalized spacial score (nSPS) is 16.1. The predicted octanol–water partition coefficient (Wildman–Crippen LogP) is 4.71. The van der Waals surface area contributed by atoms with Crippen molar-refractivity contribution in [3.8, 4) is 11.1 Å². The van der Waals surface area contributed by atoms with Crippen LogP contribution in [0.5, 0.6) is 0 Å². The highest BCUT2D eigenvalue weighted by Gasteiger charge is 2.46. The van der Waals surface area contributed by atoms with Crippen LogP contribution in [0.1, 0.15) is 24.8 Å². The minimum Gasteiger partial charge on any atom is -0.468 e. The van der Waals surface area contributed by atoms with Crippen molar-refractivity contribution in [1.29, 1.82) is 0 Å². The van der Waals surface area contributed by atoms with E-state index in [2.05, 4.69) is 52.3 Å². The van der Waals surface area contributed by atoms with Gasteiger partial charge in [0.25, 0.3) is 0 Å². The maximum atomic E-state index is 12.1. The second-order valence-corrected chi connectivity index (χ2v) is 6.43. The lowest BCUT2D eigenvalue weighted by molar-refractivity contribution is -0.151. The number of carbonyl (C=O) groups is 1. The summed E-state index contributed by atoms with van der Waals surface area (Å²) in [7, 11) is 1.47. The van der Waals surface area contributed by atoms with Crippen molar-refractivity contribution in [3.05, 3.63) is 58.6 Å². The summed E-state index contributed by atoms with van der Waals surface area (Å²) < 4.78 is 6.07. The largest absolute Gasteiger partial charge is 0.468 e. The molecular weight excluding hydrogens is 328 g/mol. The zero-order chi connectivity index (χ0) is 14.9. The van der Waals surface area contributed by atoms with Crippen LogP contribution in [0.25, 0.3) is 11.1 Å². The number of esters is 1. The van der Waals surface area contributed by atoms with E-state index in [-0.39, 0.29) is 5.97 Å². The molecule has 21 heavy (non-hydrogen) atoms. The van der Waals surface area contributed by atoms with E-state index >= 15 is 0 Å². The molecule has 0 radical (unpaired) electrons. The Balaban J connectivity index is 1.90. The molecule has 0 unspecified atom stereocenters. The van der Waals surface area contributed by atoms with E-state index in [1.54, 1.807) is 0 Å². The summed E-state index contributed by atoms with van der Waals surface area (Å²) in [4.78, 5) is 12.1. The van der Waals surface area contributed by atoms with Crippen LogP contribution in [-0.4, -0.2) is 13.1 Å². The Morgan fingerprint density at radius 2 is 1.52 bits per heavy atom. The van der Waals surface area contributed by atoms with E-state index in [1.165, 1.54) is 12.7 Å². The monoisotopic (exact) mass is 344 g/mol. The summed E-state index contributed by atoms with van der Waals surface area (Å²) in [5, 5.41) is 0. The van der Waals surface area contributed by atoms with Crippen molar-refractivity contribution < 1.29 is 9.53 Å². The molecule has 0 heterocycles. The molecule has 3 rings (SSSR count). The highest BCUT2D eigenvalue weighted by Crippen LogP contribution is 2.45. The summed E-state index contributed by atoms with van der Waals surface area (Å²) in [6, 6.07) is 16.5. The van der Waals surface area contributed by atoms with Gasteiger partial charge in [-0.2, -0.15) is 0 Å². The first-order chi connectivity index (χ1) is 10.2. The zero-order valence-corrected chi connectivity index (χ0v) is 13.5. The van der Waals surface area contributed by atoms with Gasteiger partial charge in [-0.3, -0.25) is 4.79 Å². The van der Waals surface area contributed by atoms with Crippen molar-refractivity contribution in [2.45, 2.75) is 24.7 Å². The number of carbonyl (C=O) groups excluding carboxylic acids is 1. The lowest BCUT2D eigenvalue weighted by Gasteiger charge is -2.39. The SMILES string of the molecule is COC(=O)C1(c2ccc(-c3ccc(Br)cc3)cc2)CCC1. The van der Waals surface area contributed by atoms with Gasteiger partial charge in [0.2, 0.25) is 0 Å². The van der Waals surface area contributed by atoms with Gasteiger partial charge in [0.15, 0.2) is 0 Å². The second-order valence-electron chi connectivity index (χ2n) is 5.51. The number of rotatable bonds is 3. The Morgan fingerprint density at radius 3 is 1.95 bits per heavy atom. The summed E-state index contributed by atoms with van der Waals surface area (Å²) in [5.74, 6) is -0.106. The van der Waals surface area contributed by atoms with E-state index in [0.717, 1.165) is 34.9 Å². The third-order valence-electron chi connectivity index (χ3n) is 4.40. The molecule has 3 heteroatoms. The van der Waals surface area contributed by atoms with Gasteiger partial charge in [0, 0.05) is 4.47 Å². The molecule has 108 valence electrons. The van der Waals surface area contributed by atoms with Crippen molar-refractivity contribution >= 4 is 21.9 Å². The smallest absolute Gasteiger partial charge is 0.316 e. The number of methoxy groups -OCH3 is 1. The Morgan fingerprint density at radius 1 is 1.00 bits per heavy atom. The average molecular weight is 345 g/mol. The van der Waals surface area contributed by atoms with E-state index in [1.807, 2.05) is 12.1 Å². The van der Waals surface area contributed by atoms with E-state index in [9.17, 15) is 4.79 Å². The fourth-order valence-corrected chi connectivity index (χ4v) is 3.22. The van der Waals surface area contributed by atoms with Crippen LogP contribution in [0.15, 0.2) is 53.0 Å². The number of hydrogen-bond acceptors (Lipinski definition) is 2. The number of halogens is 1. The van der Waals surface area contributed by atoms with Crippen LogP contribution in [0.3, 0.4) is 0 Å². The summed E-state index contributed by atoms with van der Waals surface area (Å²) in [5.41, 5.74) is 2.99. The van der Waals surface area contributed by atoms with Crippen LogP contribution in [0.4, 0.5) is 0 Å². The van der Waals surface area contributed by atoms with E-state index < -0.39 is 5.41 Å². The lowest BCUT2D eigenvalue weighted by atomic mass is 9.64. The summed E-state index contributed by atoms with van der Waals surface area (Å²) in [6.07, 6.45) is 2.86. The van der Waals surface area contributed by atoms with Crippen molar-refractivity contribution in [3.63, 3.8) is 0 Å². The minimum atomic E-state index is -0.410. The molecule has 1 fully saturated rings. The average Bonchev–Trinajstić information content (AvgIpc) is 2.47. The van der Waals surface area contributed by atoms with E-state index in [4.69, 9.17) is 4.74 Å². The molecule has 1 aliphatic rings. The molecule has 1 aliphatic carbocycles. The molecule has 0 spiro atoms.